The molecule has 0 atom stereocenters. The average Bonchev–Trinajstić information content (AvgIpc) is 2.59. The minimum Gasteiger partial charge on any atom is -0.294 e. The number of pyridine rings is 1. The Morgan fingerprint density at radius 1 is 1.44 bits per heavy atom. The van der Waals surface area contributed by atoms with Crippen molar-refractivity contribution in [1.82, 2.24) is 9.97 Å². The Bertz CT molecular complexity index is 485. The minimum absolute atomic E-state index is 0.0712. The van der Waals surface area contributed by atoms with Gasteiger partial charge in [-0.1, -0.05) is 0 Å². The summed E-state index contributed by atoms with van der Waals surface area (Å²) < 4.78 is 0. The summed E-state index contributed by atoms with van der Waals surface area (Å²) in [6.07, 6.45) is 3.62. The molecular weight excluding hydrogens is 220 g/mol. The number of carbonyl (C=O) groups is 1. The molecule has 2 heterocycles. The van der Waals surface area contributed by atoms with Gasteiger partial charge in [0.25, 0.3) is 0 Å². The van der Waals surface area contributed by atoms with Crippen LogP contribution in [0.2, 0.25) is 0 Å². The molecule has 0 unspecified atom stereocenters. The second-order valence-electron chi connectivity index (χ2n) is 3.59. The number of hydrogen-bond acceptors (Lipinski definition) is 4. The number of aryl methyl sites for hydroxylation is 2. The van der Waals surface area contributed by atoms with Crippen LogP contribution in [0, 0.1) is 13.8 Å². The van der Waals surface area contributed by atoms with E-state index in [1.807, 2.05) is 13.8 Å². The Labute approximate surface area is 98.2 Å². The molecular formula is C12H12N2OS. The van der Waals surface area contributed by atoms with E-state index in [4.69, 9.17) is 0 Å². The topological polar surface area (TPSA) is 42.9 Å². The van der Waals surface area contributed by atoms with Gasteiger partial charge in [0.1, 0.15) is 5.01 Å². The Morgan fingerprint density at radius 3 is 2.81 bits per heavy atom. The number of ketones is 1. The maximum Gasteiger partial charge on any atom is 0.171 e. The quantitative estimate of drug-likeness (QED) is 0.764. The highest BCUT2D eigenvalue weighted by molar-refractivity contribution is 7.11. The number of aromatic nitrogens is 2. The first kappa shape index (κ1) is 11.0. The lowest BCUT2D eigenvalue weighted by Gasteiger charge is -1.96. The predicted molar refractivity (Wildman–Crippen MR) is 63.9 cm³/mol. The normalized spacial score (nSPS) is 10.4. The second-order valence-corrected chi connectivity index (χ2v) is 4.88. The smallest absolute Gasteiger partial charge is 0.171 e. The Balaban J connectivity index is 2.14. The van der Waals surface area contributed by atoms with E-state index in [-0.39, 0.29) is 5.78 Å². The third kappa shape index (κ3) is 2.33. The molecule has 2 rings (SSSR count). The summed E-state index contributed by atoms with van der Waals surface area (Å²) in [5.41, 5.74) is 1.66. The van der Waals surface area contributed by atoms with Crippen molar-refractivity contribution in [2.75, 3.05) is 0 Å². The molecule has 0 saturated heterocycles. The summed E-state index contributed by atoms with van der Waals surface area (Å²) in [7, 11) is 0. The van der Waals surface area contributed by atoms with Crippen molar-refractivity contribution in [3.8, 4) is 0 Å². The van der Waals surface area contributed by atoms with Crippen LogP contribution in [0.3, 0.4) is 0 Å². The van der Waals surface area contributed by atoms with Gasteiger partial charge in [-0.05, 0) is 26.0 Å². The highest BCUT2D eigenvalue weighted by Crippen LogP contribution is 2.18. The van der Waals surface area contributed by atoms with E-state index in [2.05, 4.69) is 9.97 Å². The summed E-state index contributed by atoms with van der Waals surface area (Å²) in [5, 5.41) is 0.879. The summed E-state index contributed by atoms with van der Waals surface area (Å²) >= 11 is 1.58. The fourth-order valence-electron chi connectivity index (χ4n) is 1.38. The molecule has 0 fully saturated rings. The molecule has 2 aromatic rings. The maximum absolute atomic E-state index is 11.9. The molecule has 4 heteroatoms. The van der Waals surface area contributed by atoms with Gasteiger partial charge in [-0.15, -0.1) is 11.3 Å². The third-order valence-corrected chi connectivity index (χ3v) is 3.44. The number of nitrogens with zero attached hydrogens (tertiary/aromatic N) is 2. The fraction of sp³-hybridized carbons (Fsp3) is 0.250. The van der Waals surface area contributed by atoms with E-state index in [0.29, 0.717) is 12.0 Å². The molecule has 0 amide bonds. The highest BCUT2D eigenvalue weighted by atomic mass is 32.1. The maximum atomic E-state index is 11.9. The molecule has 0 radical (unpaired) electrons. The van der Waals surface area contributed by atoms with Crippen molar-refractivity contribution >= 4 is 17.1 Å². The zero-order valence-electron chi connectivity index (χ0n) is 9.23. The Hall–Kier alpha value is -1.55. The van der Waals surface area contributed by atoms with Crippen molar-refractivity contribution < 1.29 is 4.79 Å². The van der Waals surface area contributed by atoms with Crippen LogP contribution in [-0.2, 0) is 6.42 Å². The lowest BCUT2D eigenvalue weighted by molar-refractivity contribution is 0.0992. The van der Waals surface area contributed by atoms with Crippen molar-refractivity contribution in [3.63, 3.8) is 0 Å². The van der Waals surface area contributed by atoms with Crippen LogP contribution in [0.25, 0.3) is 0 Å². The number of carbonyl (C=O) groups excluding carboxylic acids is 1. The van der Waals surface area contributed by atoms with Crippen molar-refractivity contribution in [3.05, 3.63) is 45.7 Å². The van der Waals surface area contributed by atoms with Gasteiger partial charge in [-0.3, -0.25) is 9.78 Å². The van der Waals surface area contributed by atoms with E-state index in [0.717, 1.165) is 10.7 Å². The van der Waals surface area contributed by atoms with Crippen LogP contribution >= 0.6 is 11.3 Å². The van der Waals surface area contributed by atoms with Crippen LogP contribution in [0.5, 0.6) is 0 Å². The van der Waals surface area contributed by atoms with Gasteiger partial charge >= 0.3 is 0 Å². The monoisotopic (exact) mass is 232 g/mol. The van der Waals surface area contributed by atoms with Gasteiger partial charge < -0.3 is 0 Å². The van der Waals surface area contributed by atoms with Gasteiger partial charge in [0.2, 0.25) is 0 Å². The fourth-order valence-corrected chi connectivity index (χ4v) is 2.31. The summed E-state index contributed by atoms with van der Waals surface area (Å²) in [4.78, 5) is 21.3. The Kier molecular flexibility index (Phi) is 3.10. The Morgan fingerprint density at radius 2 is 2.25 bits per heavy atom. The highest BCUT2D eigenvalue weighted by Gasteiger charge is 2.10. The standard InChI is InChI=1S/C12H12N2OS/c1-8-9(2)16-12(14-8)6-11(15)10-4-3-5-13-7-10/h3-5,7H,6H2,1-2H3. The van der Waals surface area contributed by atoms with Crippen LogP contribution < -0.4 is 0 Å². The first-order chi connectivity index (χ1) is 7.66. The summed E-state index contributed by atoms with van der Waals surface area (Å²) in [6.45, 7) is 3.98. The summed E-state index contributed by atoms with van der Waals surface area (Å²) in [5.74, 6) is 0.0712. The van der Waals surface area contributed by atoms with Crippen molar-refractivity contribution in [2.24, 2.45) is 0 Å². The molecule has 0 aliphatic heterocycles. The van der Waals surface area contributed by atoms with E-state index < -0.39 is 0 Å². The van der Waals surface area contributed by atoms with Crippen LogP contribution in [-0.4, -0.2) is 15.8 Å². The zero-order valence-corrected chi connectivity index (χ0v) is 10.0. The largest absolute Gasteiger partial charge is 0.294 e. The molecule has 0 spiro atoms. The molecule has 0 bridgehead atoms. The molecule has 82 valence electrons. The van der Waals surface area contributed by atoms with Gasteiger partial charge in [0.05, 0.1) is 12.1 Å². The van der Waals surface area contributed by atoms with E-state index in [1.165, 1.54) is 4.88 Å². The molecule has 0 aliphatic carbocycles. The van der Waals surface area contributed by atoms with Crippen molar-refractivity contribution in [1.29, 1.82) is 0 Å². The first-order valence-electron chi connectivity index (χ1n) is 5.03. The van der Waals surface area contributed by atoms with E-state index >= 15 is 0 Å². The third-order valence-electron chi connectivity index (χ3n) is 2.37. The number of rotatable bonds is 3. The van der Waals surface area contributed by atoms with Crippen LogP contribution in [0.1, 0.15) is 25.9 Å². The van der Waals surface area contributed by atoms with Crippen LogP contribution in [0.4, 0.5) is 0 Å². The molecule has 16 heavy (non-hydrogen) atoms. The number of Topliss-reactive ketones (excluding diaryl/α,β-unsaturated/α-hetero) is 1. The molecule has 0 aromatic carbocycles. The summed E-state index contributed by atoms with van der Waals surface area (Å²) in [6, 6.07) is 3.55. The molecule has 0 saturated carbocycles. The minimum atomic E-state index is 0.0712. The molecule has 3 nitrogen and oxygen atoms in total. The number of hydrogen-bond donors (Lipinski definition) is 0. The van der Waals surface area contributed by atoms with Gasteiger partial charge in [0.15, 0.2) is 5.78 Å². The number of thiazole rings is 1. The zero-order chi connectivity index (χ0) is 11.5. The van der Waals surface area contributed by atoms with Crippen LogP contribution in [0.15, 0.2) is 24.5 Å². The van der Waals surface area contributed by atoms with Gasteiger partial charge in [-0.2, -0.15) is 0 Å². The average molecular weight is 232 g/mol. The molecule has 2 aromatic heterocycles. The van der Waals surface area contributed by atoms with Gasteiger partial charge in [0, 0.05) is 22.8 Å². The van der Waals surface area contributed by atoms with Gasteiger partial charge in [-0.25, -0.2) is 4.98 Å². The van der Waals surface area contributed by atoms with Crippen molar-refractivity contribution in [2.45, 2.75) is 20.3 Å². The molecule has 0 aliphatic rings. The molecule has 0 N–H and O–H groups in total. The lowest BCUT2D eigenvalue weighted by atomic mass is 10.1. The predicted octanol–water partition coefficient (Wildman–Crippen LogP) is 2.58. The lowest BCUT2D eigenvalue weighted by Crippen LogP contribution is -2.03. The second kappa shape index (κ2) is 4.53. The SMILES string of the molecule is Cc1nc(CC(=O)c2cccnc2)sc1C. The first-order valence-corrected chi connectivity index (χ1v) is 5.84. The van der Waals surface area contributed by atoms with E-state index in [1.54, 1.807) is 35.9 Å². The van der Waals surface area contributed by atoms with E-state index in [9.17, 15) is 4.79 Å².